The van der Waals surface area contributed by atoms with Crippen LogP contribution in [0.5, 0.6) is 0 Å². The average molecular weight is 203 g/mol. The van der Waals surface area contributed by atoms with Gasteiger partial charge in [0.05, 0.1) is 18.3 Å². The van der Waals surface area contributed by atoms with E-state index < -0.39 is 10.8 Å². The highest BCUT2D eigenvalue weighted by atomic mass is 32.2. The summed E-state index contributed by atoms with van der Waals surface area (Å²) in [7, 11) is -0.862. The molecule has 0 radical (unpaired) electrons. The first-order chi connectivity index (χ1) is 6.15. The van der Waals surface area contributed by atoms with E-state index in [1.54, 1.807) is 10.9 Å². The van der Waals surface area contributed by atoms with Gasteiger partial charge in [-0.05, 0) is 17.4 Å². The summed E-state index contributed by atoms with van der Waals surface area (Å²) in [6, 6.07) is 0. The lowest BCUT2D eigenvalue weighted by Gasteiger charge is -2.08. The van der Waals surface area contributed by atoms with Gasteiger partial charge < -0.3 is 5.73 Å². The summed E-state index contributed by atoms with van der Waals surface area (Å²) in [6.07, 6.45) is 1.66. The molecule has 0 aromatic carbocycles. The molecule has 0 saturated carbocycles. The second kappa shape index (κ2) is 4.43. The number of nitrogens with zero attached hydrogens (tertiary/aromatic N) is 4. The maximum Gasteiger partial charge on any atom is 0.164 e. The Balaban J connectivity index is 2.68. The van der Waals surface area contributed by atoms with E-state index in [4.69, 9.17) is 5.73 Å². The van der Waals surface area contributed by atoms with E-state index in [1.807, 2.05) is 6.92 Å². The Morgan fingerprint density at radius 1 is 1.69 bits per heavy atom. The minimum absolute atomic E-state index is 0.0359. The molecule has 2 unspecified atom stereocenters. The van der Waals surface area contributed by atoms with Crippen LogP contribution in [0, 0.1) is 0 Å². The van der Waals surface area contributed by atoms with Crippen LogP contribution in [-0.4, -0.2) is 35.9 Å². The quantitative estimate of drug-likeness (QED) is 0.671. The molecule has 1 rings (SSSR count). The predicted octanol–water partition coefficient (Wildman–Crippen LogP) is -1.10. The number of nitrogens with two attached hydrogens (primary N) is 1. The standard InChI is InChI=1S/C6H13N5OS/c1-5(13(2)12)4-11-6(3-7)8-9-10-11/h5H,3-4,7H2,1-2H3. The topological polar surface area (TPSA) is 86.7 Å². The van der Waals surface area contributed by atoms with Crippen molar-refractivity contribution in [2.45, 2.75) is 25.3 Å². The maximum absolute atomic E-state index is 11.1. The molecule has 0 aliphatic carbocycles. The van der Waals surface area contributed by atoms with Crippen molar-refractivity contribution in [2.75, 3.05) is 6.26 Å². The molecule has 2 atom stereocenters. The van der Waals surface area contributed by atoms with Gasteiger partial charge in [0.25, 0.3) is 0 Å². The zero-order valence-electron chi connectivity index (χ0n) is 7.67. The largest absolute Gasteiger partial charge is 0.324 e. The summed E-state index contributed by atoms with van der Waals surface area (Å²) in [5.41, 5.74) is 5.41. The summed E-state index contributed by atoms with van der Waals surface area (Å²) in [4.78, 5) is 0. The first kappa shape index (κ1) is 10.3. The number of aromatic nitrogens is 4. The smallest absolute Gasteiger partial charge is 0.164 e. The molecule has 0 fully saturated rings. The first-order valence-corrected chi connectivity index (χ1v) is 5.54. The molecule has 0 bridgehead atoms. The zero-order valence-corrected chi connectivity index (χ0v) is 8.49. The normalized spacial score (nSPS) is 15.6. The van der Waals surface area contributed by atoms with Crippen molar-refractivity contribution in [1.82, 2.24) is 20.2 Å². The highest BCUT2D eigenvalue weighted by Crippen LogP contribution is 1.98. The lowest BCUT2D eigenvalue weighted by molar-refractivity contribution is 0.554. The van der Waals surface area contributed by atoms with Crippen molar-refractivity contribution in [3.8, 4) is 0 Å². The second-order valence-corrected chi connectivity index (χ2v) is 4.59. The fourth-order valence-electron chi connectivity index (χ4n) is 0.860. The van der Waals surface area contributed by atoms with Crippen LogP contribution in [0.3, 0.4) is 0 Å². The fraction of sp³-hybridized carbons (Fsp3) is 0.833. The maximum atomic E-state index is 11.1. The van der Waals surface area contributed by atoms with Gasteiger partial charge in [-0.3, -0.25) is 4.21 Å². The van der Waals surface area contributed by atoms with Gasteiger partial charge in [-0.25, -0.2) is 4.68 Å². The van der Waals surface area contributed by atoms with E-state index in [-0.39, 0.29) is 5.25 Å². The van der Waals surface area contributed by atoms with Crippen LogP contribution in [-0.2, 0) is 23.9 Å². The lowest BCUT2D eigenvalue weighted by Crippen LogP contribution is -2.21. The number of hydrogen-bond donors (Lipinski definition) is 1. The average Bonchev–Trinajstić information content (AvgIpc) is 2.51. The Labute approximate surface area is 79.0 Å². The highest BCUT2D eigenvalue weighted by Gasteiger charge is 2.11. The number of rotatable bonds is 4. The first-order valence-electron chi connectivity index (χ1n) is 3.92. The molecule has 0 aliphatic rings. The van der Waals surface area contributed by atoms with Gasteiger partial charge in [-0.2, -0.15) is 0 Å². The summed E-state index contributed by atoms with van der Waals surface area (Å²) >= 11 is 0. The monoisotopic (exact) mass is 203 g/mol. The molecule has 1 heterocycles. The Morgan fingerprint density at radius 2 is 2.38 bits per heavy atom. The summed E-state index contributed by atoms with van der Waals surface area (Å²) < 4.78 is 12.7. The number of tetrazole rings is 1. The molecular formula is C6H13N5OS. The molecule has 6 nitrogen and oxygen atoms in total. The minimum atomic E-state index is -0.862. The molecule has 1 aromatic heterocycles. The summed E-state index contributed by atoms with van der Waals surface area (Å²) in [6.45, 7) is 2.73. The van der Waals surface area contributed by atoms with Crippen LogP contribution < -0.4 is 5.73 Å². The molecule has 2 N–H and O–H groups in total. The Bertz CT molecular complexity index is 299. The van der Waals surface area contributed by atoms with E-state index in [2.05, 4.69) is 15.5 Å². The van der Waals surface area contributed by atoms with Gasteiger partial charge in [0.2, 0.25) is 0 Å². The van der Waals surface area contributed by atoms with Crippen LogP contribution in [0.15, 0.2) is 0 Å². The minimum Gasteiger partial charge on any atom is -0.324 e. The van der Waals surface area contributed by atoms with E-state index >= 15 is 0 Å². The van der Waals surface area contributed by atoms with Crippen molar-refractivity contribution in [3.05, 3.63) is 5.82 Å². The molecule has 13 heavy (non-hydrogen) atoms. The van der Waals surface area contributed by atoms with Crippen molar-refractivity contribution in [2.24, 2.45) is 5.73 Å². The molecule has 0 spiro atoms. The summed E-state index contributed by atoms with van der Waals surface area (Å²) in [5.74, 6) is 0.623. The van der Waals surface area contributed by atoms with Gasteiger partial charge in [-0.1, -0.05) is 0 Å². The van der Waals surface area contributed by atoms with E-state index in [0.29, 0.717) is 18.9 Å². The van der Waals surface area contributed by atoms with Crippen LogP contribution in [0.2, 0.25) is 0 Å². The SMILES string of the molecule is CC(Cn1nnnc1CN)S(C)=O. The number of hydrogen-bond acceptors (Lipinski definition) is 5. The van der Waals surface area contributed by atoms with Gasteiger partial charge in [-0.15, -0.1) is 5.10 Å². The molecule has 1 aromatic rings. The van der Waals surface area contributed by atoms with Gasteiger partial charge in [0, 0.05) is 17.1 Å². The summed E-state index contributed by atoms with van der Waals surface area (Å²) in [5, 5.41) is 11.0. The van der Waals surface area contributed by atoms with Crippen LogP contribution in [0.1, 0.15) is 12.7 Å². The predicted molar refractivity (Wildman–Crippen MR) is 49.2 cm³/mol. The second-order valence-electron chi connectivity index (χ2n) is 2.79. The molecule has 0 aliphatic heterocycles. The van der Waals surface area contributed by atoms with Crippen molar-refractivity contribution >= 4 is 10.8 Å². The fourth-order valence-corrected chi connectivity index (χ4v) is 1.21. The van der Waals surface area contributed by atoms with Crippen molar-refractivity contribution < 1.29 is 4.21 Å². The van der Waals surface area contributed by atoms with Gasteiger partial charge >= 0.3 is 0 Å². The highest BCUT2D eigenvalue weighted by molar-refractivity contribution is 7.84. The third-order valence-electron chi connectivity index (χ3n) is 1.79. The van der Waals surface area contributed by atoms with Gasteiger partial charge in [0.15, 0.2) is 5.82 Å². The molecule has 0 amide bonds. The van der Waals surface area contributed by atoms with Crippen molar-refractivity contribution in [3.63, 3.8) is 0 Å². The molecule has 74 valence electrons. The molecule has 7 heteroatoms. The Morgan fingerprint density at radius 3 is 2.92 bits per heavy atom. The Kier molecular flexibility index (Phi) is 3.49. The van der Waals surface area contributed by atoms with Crippen LogP contribution >= 0.6 is 0 Å². The van der Waals surface area contributed by atoms with Gasteiger partial charge in [0.1, 0.15) is 0 Å². The Hall–Kier alpha value is -0.820. The van der Waals surface area contributed by atoms with E-state index in [0.717, 1.165) is 0 Å². The van der Waals surface area contributed by atoms with E-state index in [9.17, 15) is 4.21 Å². The third-order valence-corrected chi connectivity index (χ3v) is 3.07. The van der Waals surface area contributed by atoms with Crippen LogP contribution in [0.25, 0.3) is 0 Å². The molecule has 0 saturated heterocycles. The zero-order chi connectivity index (χ0) is 9.84. The lowest BCUT2D eigenvalue weighted by atomic mass is 10.4. The van der Waals surface area contributed by atoms with Crippen LogP contribution in [0.4, 0.5) is 0 Å². The van der Waals surface area contributed by atoms with E-state index in [1.165, 1.54) is 0 Å². The molecular weight excluding hydrogens is 190 g/mol. The van der Waals surface area contributed by atoms with Crippen molar-refractivity contribution in [1.29, 1.82) is 0 Å². The third kappa shape index (κ3) is 2.56.